The molecule has 2 nitrogen and oxygen atoms in total. The number of anilines is 1. The molecule has 1 N–H and O–H groups in total. The largest absolute Gasteiger partial charge is 0.370 e. The molecule has 2 heterocycles. The topological polar surface area (TPSA) is 15.3 Å². The van der Waals surface area contributed by atoms with Crippen LogP contribution in [0, 0.1) is 0 Å². The van der Waals surface area contributed by atoms with Crippen molar-refractivity contribution in [2.45, 2.75) is 19.3 Å². The van der Waals surface area contributed by atoms with Crippen molar-refractivity contribution in [3.05, 3.63) is 52.2 Å². The van der Waals surface area contributed by atoms with Crippen LogP contribution in [-0.4, -0.2) is 26.2 Å². The third-order valence-corrected chi connectivity index (χ3v) is 4.83. The van der Waals surface area contributed by atoms with E-state index in [0.717, 1.165) is 26.1 Å². The quantitative estimate of drug-likeness (QED) is 0.819. The molecule has 0 unspecified atom stereocenters. The molecule has 20 heavy (non-hydrogen) atoms. The van der Waals surface area contributed by atoms with Gasteiger partial charge in [-0.1, -0.05) is 24.3 Å². The third kappa shape index (κ3) is 3.41. The first-order valence-corrected chi connectivity index (χ1v) is 8.37. The average Bonchev–Trinajstić information content (AvgIpc) is 3.00. The van der Waals surface area contributed by atoms with Gasteiger partial charge in [0.05, 0.1) is 0 Å². The van der Waals surface area contributed by atoms with Crippen LogP contribution < -0.4 is 10.2 Å². The smallest absolute Gasteiger partial charge is 0.0399 e. The highest BCUT2D eigenvalue weighted by atomic mass is 32.1. The standard InChI is InChI=1S/C17H22N2S/c1-2-8-17-15(5-1)6-3-12-19(17)13-11-18-10-9-16-7-4-14-20-16/h1-2,4-5,7-8,14,18H,3,6,9-13H2. The van der Waals surface area contributed by atoms with Crippen molar-refractivity contribution in [1.82, 2.24) is 5.32 Å². The van der Waals surface area contributed by atoms with Crippen LogP contribution in [0.15, 0.2) is 41.8 Å². The third-order valence-electron chi connectivity index (χ3n) is 3.89. The number of hydrogen-bond donors (Lipinski definition) is 1. The Morgan fingerprint density at radius 1 is 1.10 bits per heavy atom. The SMILES string of the molecule is c1csc(CCNCCN2CCCc3ccccc32)c1. The van der Waals surface area contributed by atoms with Crippen molar-refractivity contribution >= 4 is 17.0 Å². The fourth-order valence-corrected chi connectivity index (χ4v) is 3.56. The Balaban J connectivity index is 1.43. The van der Waals surface area contributed by atoms with E-state index in [1.165, 1.54) is 35.5 Å². The first kappa shape index (κ1) is 13.7. The zero-order chi connectivity index (χ0) is 13.6. The lowest BCUT2D eigenvalue weighted by molar-refractivity contribution is 0.631. The molecule has 2 aromatic rings. The molecule has 106 valence electrons. The van der Waals surface area contributed by atoms with Gasteiger partial charge >= 0.3 is 0 Å². The molecule has 0 saturated carbocycles. The highest BCUT2D eigenvalue weighted by Crippen LogP contribution is 2.25. The van der Waals surface area contributed by atoms with E-state index >= 15 is 0 Å². The molecule has 3 heteroatoms. The summed E-state index contributed by atoms with van der Waals surface area (Å²) in [5.74, 6) is 0. The van der Waals surface area contributed by atoms with Crippen LogP contribution in [0.4, 0.5) is 5.69 Å². The maximum Gasteiger partial charge on any atom is 0.0399 e. The summed E-state index contributed by atoms with van der Waals surface area (Å²) in [5, 5.41) is 5.72. The molecular formula is C17H22N2S. The summed E-state index contributed by atoms with van der Waals surface area (Å²) in [7, 11) is 0. The molecule has 1 aromatic carbocycles. The summed E-state index contributed by atoms with van der Waals surface area (Å²) in [4.78, 5) is 4.00. The second kappa shape index (κ2) is 6.91. The summed E-state index contributed by atoms with van der Waals surface area (Å²) in [6, 6.07) is 13.2. The Kier molecular flexibility index (Phi) is 4.72. The minimum absolute atomic E-state index is 1.07. The molecule has 0 amide bonds. The second-order valence-electron chi connectivity index (χ2n) is 5.30. The number of fused-ring (bicyclic) bond motifs is 1. The van der Waals surface area contributed by atoms with E-state index in [1.54, 1.807) is 0 Å². The summed E-state index contributed by atoms with van der Waals surface area (Å²) >= 11 is 1.85. The van der Waals surface area contributed by atoms with Crippen LogP contribution in [0.25, 0.3) is 0 Å². The van der Waals surface area contributed by atoms with Crippen molar-refractivity contribution in [3.8, 4) is 0 Å². The molecule has 0 aliphatic carbocycles. The van der Waals surface area contributed by atoms with E-state index in [-0.39, 0.29) is 0 Å². The molecule has 0 fully saturated rings. The second-order valence-corrected chi connectivity index (χ2v) is 6.33. The molecule has 0 spiro atoms. The van der Waals surface area contributed by atoms with Crippen molar-refractivity contribution in [2.75, 3.05) is 31.1 Å². The summed E-state index contributed by atoms with van der Waals surface area (Å²) in [5.41, 5.74) is 2.95. The maximum atomic E-state index is 3.57. The minimum atomic E-state index is 1.07. The predicted octanol–water partition coefficient (Wildman–Crippen LogP) is 3.33. The summed E-state index contributed by atoms with van der Waals surface area (Å²) < 4.78 is 0. The van der Waals surface area contributed by atoms with Gasteiger partial charge in [0, 0.05) is 36.7 Å². The molecule has 1 aromatic heterocycles. The number of benzene rings is 1. The number of hydrogen-bond acceptors (Lipinski definition) is 3. The zero-order valence-corrected chi connectivity index (χ0v) is 12.7. The summed E-state index contributed by atoms with van der Waals surface area (Å²) in [6.45, 7) is 4.46. The molecule has 0 bridgehead atoms. The molecule has 1 aliphatic rings. The first-order chi connectivity index (χ1) is 9.93. The van der Waals surface area contributed by atoms with Crippen molar-refractivity contribution in [1.29, 1.82) is 0 Å². The number of nitrogens with zero attached hydrogens (tertiary/aromatic N) is 1. The van der Waals surface area contributed by atoms with Crippen LogP contribution in [0.5, 0.6) is 0 Å². The fourth-order valence-electron chi connectivity index (χ4n) is 2.85. The minimum Gasteiger partial charge on any atom is -0.370 e. The Morgan fingerprint density at radius 2 is 2.05 bits per heavy atom. The van der Waals surface area contributed by atoms with Crippen LogP contribution in [0.2, 0.25) is 0 Å². The molecule has 0 atom stereocenters. The normalized spacial score (nSPS) is 14.3. The van der Waals surface area contributed by atoms with Gasteiger partial charge in [-0.3, -0.25) is 0 Å². The monoisotopic (exact) mass is 286 g/mol. The van der Waals surface area contributed by atoms with Crippen LogP contribution in [0.3, 0.4) is 0 Å². The fraction of sp³-hybridized carbons (Fsp3) is 0.412. The van der Waals surface area contributed by atoms with Gasteiger partial charge in [0.15, 0.2) is 0 Å². The molecule has 1 aliphatic heterocycles. The number of nitrogens with one attached hydrogen (secondary N) is 1. The van der Waals surface area contributed by atoms with E-state index in [1.807, 2.05) is 11.3 Å². The van der Waals surface area contributed by atoms with E-state index in [2.05, 4.69) is 52.0 Å². The lowest BCUT2D eigenvalue weighted by atomic mass is 10.0. The summed E-state index contributed by atoms with van der Waals surface area (Å²) in [6.07, 6.45) is 3.67. The van der Waals surface area contributed by atoms with Crippen LogP contribution in [-0.2, 0) is 12.8 Å². The van der Waals surface area contributed by atoms with Gasteiger partial charge in [-0.05, 0) is 42.3 Å². The van der Waals surface area contributed by atoms with Crippen LogP contribution >= 0.6 is 11.3 Å². The number of aryl methyl sites for hydroxylation is 1. The number of thiophene rings is 1. The van der Waals surface area contributed by atoms with Crippen molar-refractivity contribution in [2.24, 2.45) is 0 Å². The average molecular weight is 286 g/mol. The molecule has 0 saturated heterocycles. The van der Waals surface area contributed by atoms with E-state index in [4.69, 9.17) is 0 Å². The molecular weight excluding hydrogens is 264 g/mol. The highest BCUT2D eigenvalue weighted by molar-refractivity contribution is 7.09. The Bertz CT molecular complexity index is 522. The zero-order valence-electron chi connectivity index (χ0n) is 11.8. The first-order valence-electron chi connectivity index (χ1n) is 7.49. The van der Waals surface area contributed by atoms with Gasteiger partial charge in [0.25, 0.3) is 0 Å². The Morgan fingerprint density at radius 3 is 2.95 bits per heavy atom. The van der Waals surface area contributed by atoms with Crippen LogP contribution in [0.1, 0.15) is 16.9 Å². The predicted molar refractivity (Wildman–Crippen MR) is 87.9 cm³/mol. The highest BCUT2D eigenvalue weighted by Gasteiger charge is 2.15. The molecule has 0 radical (unpaired) electrons. The maximum absolute atomic E-state index is 3.57. The van der Waals surface area contributed by atoms with E-state index < -0.39 is 0 Å². The Labute approximate surface area is 125 Å². The Hall–Kier alpha value is -1.32. The van der Waals surface area contributed by atoms with Gasteiger partial charge in [0.2, 0.25) is 0 Å². The van der Waals surface area contributed by atoms with Crippen molar-refractivity contribution < 1.29 is 0 Å². The van der Waals surface area contributed by atoms with Gasteiger partial charge in [-0.15, -0.1) is 11.3 Å². The number of para-hydroxylation sites is 1. The van der Waals surface area contributed by atoms with Gasteiger partial charge in [0.1, 0.15) is 0 Å². The van der Waals surface area contributed by atoms with E-state index in [0.29, 0.717) is 0 Å². The van der Waals surface area contributed by atoms with Gasteiger partial charge < -0.3 is 10.2 Å². The number of rotatable bonds is 6. The lowest BCUT2D eigenvalue weighted by Gasteiger charge is -2.31. The van der Waals surface area contributed by atoms with Gasteiger partial charge in [-0.25, -0.2) is 0 Å². The van der Waals surface area contributed by atoms with Gasteiger partial charge in [-0.2, -0.15) is 0 Å². The lowest BCUT2D eigenvalue weighted by Crippen LogP contribution is -2.36. The van der Waals surface area contributed by atoms with Crippen molar-refractivity contribution in [3.63, 3.8) is 0 Å². The van der Waals surface area contributed by atoms with E-state index in [9.17, 15) is 0 Å². The molecule has 3 rings (SSSR count).